The number of benzene rings is 2. The molecular formula is C23H19F5N2O2. The Morgan fingerprint density at radius 2 is 1.88 bits per heavy atom. The maximum atomic E-state index is 15.2. The van der Waals surface area contributed by atoms with Crippen LogP contribution in [0.5, 0.6) is 0 Å². The van der Waals surface area contributed by atoms with Crippen molar-refractivity contribution in [2.75, 3.05) is 6.54 Å². The number of nitrogens with one attached hydrogen (secondary N) is 1. The average Bonchev–Trinajstić information content (AvgIpc) is 3.05. The molecular weight excluding hydrogens is 431 g/mol. The maximum absolute atomic E-state index is 15.2. The van der Waals surface area contributed by atoms with Crippen molar-refractivity contribution in [1.29, 1.82) is 0 Å². The monoisotopic (exact) mass is 450 g/mol. The van der Waals surface area contributed by atoms with Crippen molar-refractivity contribution >= 4 is 22.9 Å². The van der Waals surface area contributed by atoms with E-state index in [1.807, 2.05) is 6.07 Å². The van der Waals surface area contributed by atoms with Crippen LogP contribution in [0.4, 0.5) is 22.0 Å². The molecule has 0 aliphatic carbocycles. The van der Waals surface area contributed by atoms with Crippen molar-refractivity contribution in [3.63, 3.8) is 0 Å². The van der Waals surface area contributed by atoms with Gasteiger partial charge < -0.3 is 10.1 Å². The Kier molecular flexibility index (Phi) is 5.54. The summed E-state index contributed by atoms with van der Waals surface area (Å²) in [5.41, 5.74) is 1.16. The van der Waals surface area contributed by atoms with Gasteiger partial charge in [-0.1, -0.05) is 18.2 Å². The predicted octanol–water partition coefficient (Wildman–Crippen LogP) is 5.44. The number of carboxylic acid groups (broad SMARTS) is 1. The van der Waals surface area contributed by atoms with Crippen LogP contribution in [0.2, 0.25) is 0 Å². The first kappa shape index (κ1) is 22.0. The number of carbonyl (C=O) groups is 1. The van der Waals surface area contributed by atoms with Gasteiger partial charge in [0.25, 0.3) is 0 Å². The highest BCUT2D eigenvalue weighted by molar-refractivity contribution is 5.86. The van der Waals surface area contributed by atoms with Crippen molar-refractivity contribution in [1.82, 2.24) is 9.88 Å². The van der Waals surface area contributed by atoms with Crippen LogP contribution in [0, 0.1) is 11.6 Å². The molecule has 0 radical (unpaired) electrons. The van der Waals surface area contributed by atoms with E-state index in [-0.39, 0.29) is 12.0 Å². The highest BCUT2D eigenvalue weighted by Crippen LogP contribution is 2.43. The number of alkyl halides is 3. The van der Waals surface area contributed by atoms with Crippen molar-refractivity contribution in [2.45, 2.75) is 31.6 Å². The number of aromatic nitrogens is 1. The lowest BCUT2D eigenvalue weighted by molar-refractivity contribution is -0.155. The van der Waals surface area contributed by atoms with Gasteiger partial charge in [0.1, 0.15) is 11.6 Å². The molecule has 0 fully saturated rings. The van der Waals surface area contributed by atoms with Crippen LogP contribution in [0.1, 0.15) is 35.3 Å². The molecule has 32 heavy (non-hydrogen) atoms. The Morgan fingerprint density at radius 3 is 2.50 bits per heavy atom. The van der Waals surface area contributed by atoms with E-state index in [2.05, 4.69) is 4.98 Å². The summed E-state index contributed by atoms with van der Waals surface area (Å²) < 4.78 is 70.6. The Labute approximate surface area is 180 Å². The van der Waals surface area contributed by atoms with E-state index in [0.29, 0.717) is 11.2 Å². The second kappa shape index (κ2) is 8.05. The largest absolute Gasteiger partial charge is 0.478 e. The normalized spacial score (nSPS) is 19.6. The molecule has 168 valence electrons. The van der Waals surface area contributed by atoms with Crippen LogP contribution < -0.4 is 0 Å². The molecule has 1 aliphatic rings. The maximum Gasteiger partial charge on any atom is 0.401 e. The Balaban J connectivity index is 1.92. The minimum atomic E-state index is -4.58. The third-order valence-corrected chi connectivity index (χ3v) is 5.67. The summed E-state index contributed by atoms with van der Waals surface area (Å²) in [6, 6.07) is 7.01. The third kappa shape index (κ3) is 4.12. The van der Waals surface area contributed by atoms with Crippen molar-refractivity contribution in [2.24, 2.45) is 0 Å². The Bertz CT molecular complexity index is 1190. The lowest BCUT2D eigenvalue weighted by Gasteiger charge is -2.41. The lowest BCUT2D eigenvalue weighted by atomic mass is 9.87. The highest BCUT2D eigenvalue weighted by Gasteiger charge is 2.43. The number of hydrogen-bond acceptors (Lipinski definition) is 2. The first-order valence-electron chi connectivity index (χ1n) is 9.87. The topological polar surface area (TPSA) is 56.3 Å². The summed E-state index contributed by atoms with van der Waals surface area (Å²) in [5, 5.41) is 9.53. The van der Waals surface area contributed by atoms with E-state index in [4.69, 9.17) is 5.11 Å². The molecule has 0 unspecified atom stereocenters. The lowest BCUT2D eigenvalue weighted by Crippen LogP contribution is -2.47. The number of para-hydroxylation sites is 1. The summed E-state index contributed by atoms with van der Waals surface area (Å²) in [5.74, 6) is -3.40. The average molecular weight is 450 g/mol. The third-order valence-electron chi connectivity index (χ3n) is 5.67. The van der Waals surface area contributed by atoms with Crippen molar-refractivity contribution in [3.05, 3.63) is 76.5 Å². The number of nitrogens with zero attached hydrogens (tertiary/aromatic N) is 1. The standard InChI is InChI=1S/C23H19F5N2O2/c1-12-8-15-14-4-2-3-5-18(14)29-21(15)22(30(12)11-23(26,27)28)20-16(24)9-13(10-17(20)25)6-7-19(31)32/h2-7,9-10,12,22,29H,8,11H2,1H3,(H,31,32)/b7-6+/t12-,22-/m1/s1. The summed E-state index contributed by atoms with van der Waals surface area (Å²) in [6.45, 7) is 0.260. The van der Waals surface area contributed by atoms with Crippen LogP contribution in [-0.4, -0.2) is 39.7 Å². The van der Waals surface area contributed by atoms with Gasteiger partial charge in [0.05, 0.1) is 12.6 Å². The zero-order valence-corrected chi connectivity index (χ0v) is 16.9. The van der Waals surface area contributed by atoms with Gasteiger partial charge in [-0.25, -0.2) is 13.6 Å². The van der Waals surface area contributed by atoms with Gasteiger partial charge in [-0.2, -0.15) is 13.2 Å². The smallest absolute Gasteiger partial charge is 0.401 e. The number of H-pyrrole nitrogens is 1. The van der Waals surface area contributed by atoms with Gasteiger partial charge in [0.15, 0.2) is 0 Å². The first-order valence-corrected chi connectivity index (χ1v) is 9.87. The van der Waals surface area contributed by atoms with Crippen molar-refractivity contribution in [3.8, 4) is 0 Å². The fourth-order valence-corrected chi connectivity index (χ4v) is 4.40. The molecule has 3 aromatic rings. The van der Waals surface area contributed by atoms with Gasteiger partial charge in [0, 0.05) is 34.3 Å². The van der Waals surface area contributed by atoms with E-state index in [9.17, 15) is 18.0 Å². The minimum absolute atomic E-state index is 0.0470. The molecule has 9 heteroatoms. The molecule has 0 amide bonds. The number of carboxylic acids is 1. The number of fused-ring (bicyclic) bond motifs is 3. The zero-order chi connectivity index (χ0) is 23.2. The van der Waals surface area contributed by atoms with E-state index < -0.39 is 48.0 Å². The quantitative estimate of drug-likeness (QED) is 0.411. The van der Waals surface area contributed by atoms with Gasteiger partial charge in [0.2, 0.25) is 0 Å². The molecule has 0 saturated heterocycles. The predicted molar refractivity (Wildman–Crippen MR) is 109 cm³/mol. The second-order valence-electron chi connectivity index (χ2n) is 7.88. The van der Waals surface area contributed by atoms with Gasteiger partial charge >= 0.3 is 12.1 Å². The summed E-state index contributed by atoms with van der Waals surface area (Å²) in [4.78, 5) is 14.8. The molecule has 0 saturated carbocycles. The van der Waals surface area contributed by atoms with E-state index >= 15 is 8.78 Å². The van der Waals surface area contributed by atoms with Gasteiger partial charge in [-0.05, 0) is 48.7 Å². The molecule has 2 atom stereocenters. The molecule has 0 bridgehead atoms. The van der Waals surface area contributed by atoms with Crippen LogP contribution in [0.3, 0.4) is 0 Å². The van der Waals surface area contributed by atoms with Crippen molar-refractivity contribution < 1.29 is 31.9 Å². The summed E-state index contributed by atoms with van der Waals surface area (Å²) >= 11 is 0. The van der Waals surface area contributed by atoms with E-state index in [1.165, 1.54) is 0 Å². The molecule has 2 heterocycles. The van der Waals surface area contributed by atoms with Crippen LogP contribution in [0.15, 0.2) is 42.5 Å². The van der Waals surface area contributed by atoms with Gasteiger partial charge in [-0.15, -0.1) is 0 Å². The zero-order valence-electron chi connectivity index (χ0n) is 16.9. The van der Waals surface area contributed by atoms with E-state index in [0.717, 1.165) is 40.1 Å². The minimum Gasteiger partial charge on any atom is -0.478 e. The molecule has 0 spiro atoms. The molecule has 2 N–H and O–H groups in total. The molecule has 2 aromatic carbocycles. The van der Waals surface area contributed by atoms with Crippen LogP contribution in [0.25, 0.3) is 17.0 Å². The first-order chi connectivity index (χ1) is 15.0. The molecule has 1 aliphatic heterocycles. The Morgan fingerprint density at radius 1 is 1.22 bits per heavy atom. The molecule has 1 aromatic heterocycles. The fraction of sp³-hybridized carbons (Fsp3) is 0.261. The van der Waals surface area contributed by atoms with Gasteiger partial charge in [-0.3, -0.25) is 4.90 Å². The number of aromatic amines is 1. The fourth-order valence-electron chi connectivity index (χ4n) is 4.40. The SMILES string of the molecule is C[C@@H]1Cc2c([nH]c3ccccc23)[C@@H](c2c(F)cc(/C=C/C(=O)O)cc2F)N1CC(F)(F)F. The molecule has 4 rings (SSSR count). The Hall–Kier alpha value is -3.20. The number of halogens is 5. The van der Waals surface area contributed by atoms with Crippen LogP contribution in [-0.2, 0) is 11.2 Å². The highest BCUT2D eigenvalue weighted by atomic mass is 19.4. The number of rotatable bonds is 4. The number of aliphatic carboxylic acids is 1. The molecule has 4 nitrogen and oxygen atoms in total. The second-order valence-corrected chi connectivity index (χ2v) is 7.88. The summed E-state index contributed by atoms with van der Waals surface area (Å²) in [7, 11) is 0. The number of hydrogen-bond donors (Lipinski definition) is 2. The van der Waals surface area contributed by atoms with E-state index in [1.54, 1.807) is 25.1 Å². The van der Waals surface area contributed by atoms with Crippen LogP contribution >= 0.6 is 0 Å². The summed E-state index contributed by atoms with van der Waals surface area (Å²) in [6.07, 6.45) is -2.55.